The van der Waals surface area contributed by atoms with Crippen LogP contribution in [0, 0.1) is 0 Å². The molecule has 1 N–H and O–H groups in total. The van der Waals surface area contributed by atoms with Gasteiger partial charge in [-0.1, -0.05) is 6.07 Å². The molecule has 148 valence electrons. The quantitative estimate of drug-likeness (QED) is 0.840. The van der Waals surface area contributed by atoms with Crippen molar-refractivity contribution in [2.45, 2.75) is 38.4 Å². The van der Waals surface area contributed by atoms with Crippen molar-refractivity contribution < 1.29 is 9.47 Å². The highest BCUT2D eigenvalue weighted by Crippen LogP contribution is 2.31. The van der Waals surface area contributed by atoms with E-state index in [2.05, 4.69) is 37.1 Å². The predicted molar refractivity (Wildman–Crippen MR) is 106 cm³/mol. The fourth-order valence-electron chi connectivity index (χ4n) is 4.00. The second kappa shape index (κ2) is 8.91. The van der Waals surface area contributed by atoms with Crippen LogP contribution in [-0.2, 0) is 19.6 Å². The summed E-state index contributed by atoms with van der Waals surface area (Å²) in [5.74, 6) is 4.37. The lowest BCUT2D eigenvalue weighted by Crippen LogP contribution is -2.34. The summed E-state index contributed by atoms with van der Waals surface area (Å²) in [5.41, 5.74) is 1.26. The van der Waals surface area contributed by atoms with Gasteiger partial charge in [-0.3, -0.25) is 4.90 Å². The first-order chi connectivity index (χ1) is 12.8. The number of hydrogen-bond donors (Lipinski definition) is 1. The van der Waals surface area contributed by atoms with E-state index in [1.807, 2.05) is 6.07 Å². The average molecular weight is 394 g/mol. The fraction of sp³-hybridized carbons (Fsp3) is 0.579. The van der Waals surface area contributed by atoms with Gasteiger partial charge in [-0.15, -0.1) is 22.6 Å². The Hall–Kier alpha value is -1.83. The number of nitrogens with one attached hydrogen (secondary N) is 1. The van der Waals surface area contributed by atoms with Gasteiger partial charge in [0.05, 0.1) is 20.8 Å². The lowest BCUT2D eigenvalue weighted by Gasteiger charge is -2.32. The number of methoxy groups -OCH3 is 2. The van der Waals surface area contributed by atoms with Gasteiger partial charge in [-0.25, -0.2) is 0 Å². The molecule has 1 saturated heterocycles. The van der Waals surface area contributed by atoms with Crippen LogP contribution in [-0.4, -0.2) is 53.5 Å². The van der Waals surface area contributed by atoms with Gasteiger partial charge < -0.3 is 19.4 Å². The van der Waals surface area contributed by atoms with Crippen LogP contribution in [0.1, 0.15) is 36.0 Å². The summed E-state index contributed by atoms with van der Waals surface area (Å²) >= 11 is 0. The summed E-state index contributed by atoms with van der Waals surface area (Å²) in [6.07, 6.45) is 2.28. The molecule has 7 nitrogen and oxygen atoms in total. The molecular formula is C19H28ClN5O2. The van der Waals surface area contributed by atoms with E-state index >= 15 is 0 Å². The van der Waals surface area contributed by atoms with E-state index in [1.165, 1.54) is 11.4 Å². The summed E-state index contributed by atoms with van der Waals surface area (Å²) in [6.45, 7) is 5.94. The molecule has 1 fully saturated rings. The topological polar surface area (TPSA) is 64.4 Å². The summed E-state index contributed by atoms with van der Waals surface area (Å²) in [6, 6.07) is 6.18. The minimum Gasteiger partial charge on any atom is -0.493 e. The Kier molecular flexibility index (Phi) is 6.57. The second-order valence-electron chi connectivity index (χ2n) is 7.04. The normalized spacial score (nSPS) is 17.9. The van der Waals surface area contributed by atoms with Crippen LogP contribution in [0.4, 0.5) is 0 Å². The Labute approximate surface area is 166 Å². The zero-order chi connectivity index (χ0) is 17.9. The maximum Gasteiger partial charge on any atom is 0.161 e. The maximum absolute atomic E-state index is 5.42. The molecule has 0 saturated carbocycles. The summed E-state index contributed by atoms with van der Waals surface area (Å²) in [4.78, 5) is 2.51. The van der Waals surface area contributed by atoms with E-state index in [9.17, 15) is 0 Å². The Morgan fingerprint density at radius 3 is 2.59 bits per heavy atom. The first kappa shape index (κ1) is 19.9. The number of hydrogen-bond acceptors (Lipinski definition) is 6. The van der Waals surface area contributed by atoms with Gasteiger partial charge >= 0.3 is 0 Å². The summed E-state index contributed by atoms with van der Waals surface area (Å²) < 4.78 is 13.1. The van der Waals surface area contributed by atoms with Crippen LogP contribution in [0.5, 0.6) is 11.5 Å². The number of halogens is 1. The van der Waals surface area contributed by atoms with E-state index in [0.29, 0.717) is 5.92 Å². The van der Waals surface area contributed by atoms with Crippen molar-refractivity contribution in [2.24, 2.45) is 0 Å². The van der Waals surface area contributed by atoms with Gasteiger partial charge in [0.25, 0.3) is 0 Å². The second-order valence-corrected chi connectivity index (χ2v) is 7.04. The Balaban J connectivity index is 0.00000210. The van der Waals surface area contributed by atoms with Crippen molar-refractivity contribution in [3.05, 3.63) is 35.4 Å². The highest BCUT2D eigenvalue weighted by molar-refractivity contribution is 5.85. The molecule has 1 aromatic carbocycles. The molecule has 27 heavy (non-hydrogen) atoms. The molecule has 2 aromatic rings. The van der Waals surface area contributed by atoms with Crippen LogP contribution >= 0.6 is 12.4 Å². The Morgan fingerprint density at radius 1 is 1.07 bits per heavy atom. The van der Waals surface area contributed by atoms with Gasteiger partial charge in [0.1, 0.15) is 11.6 Å². The lowest BCUT2D eigenvalue weighted by atomic mass is 9.95. The Morgan fingerprint density at radius 2 is 1.85 bits per heavy atom. The number of piperidine rings is 1. The predicted octanol–water partition coefficient (Wildman–Crippen LogP) is 2.20. The maximum atomic E-state index is 5.42. The fourth-order valence-corrected chi connectivity index (χ4v) is 4.00. The van der Waals surface area contributed by atoms with E-state index in [4.69, 9.17) is 9.47 Å². The molecule has 1 aromatic heterocycles. The zero-order valence-electron chi connectivity index (χ0n) is 16.0. The molecule has 0 bridgehead atoms. The number of aromatic nitrogens is 3. The summed E-state index contributed by atoms with van der Waals surface area (Å²) in [7, 11) is 3.35. The van der Waals surface area contributed by atoms with Crippen molar-refractivity contribution in [1.82, 2.24) is 25.0 Å². The third-order valence-electron chi connectivity index (χ3n) is 5.46. The molecule has 0 amide bonds. The molecule has 0 spiro atoms. The molecule has 0 unspecified atom stereocenters. The van der Waals surface area contributed by atoms with Crippen LogP contribution in [0.3, 0.4) is 0 Å². The smallest absolute Gasteiger partial charge is 0.161 e. The van der Waals surface area contributed by atoms with Crippen LogP contribution in [0.25, 0.3) is 0 Å². The minimum atomic E-state index is 0. The monoisotopic (exact) mass is 393 g/mol. The third-order valence-corrected chi connectivity index (χ3v) is 5.46. The number of ether oxygens (including phenoxy) is 2. The highest BCUT2D eigenvalue weighted by atomic mass is 35.5. The van der Waals surface area contributed by atoms with Crippen molar-refractivity contribution in [2.75, 3.05) is 33.9 Å². The number of rotatable bonds is 5. The molecule has 0 aliphatic carbocycles. The van der Waals surface area contributed by atoms with Crippen LogP contribution < -0.4 is 14.8 Å². The molecule has 2 aliphatic heterocycles. The van der Waals surface area contributed by atoms with Crippen LogP contribution in [0.15, 0.2) is 18.2 Å². The van der Waals surface area contributed by atoms with Crippen LogP contribution in [0.2, 0.25) is 0 Å². The van der Waals surface area contributed by atoms with E-state index in [1.54, 1.807) is 14.2 Å². The molecule has 2 aliphatic rings. The van der Waals surface area contributed by atoms with Gasteiger partial charge in [0.15, 0.2) is 11.5 Å². The largest absolute Gasteiger partial charge is 0.493 e. The molecule has 4 rings (SSSR count). The first-order valence-corrected chi connectivity index (χ1v) is 9.34. The van der Waals surface area contributed by atoms with Crippen molar-refractivity contribution in [3.63, 3.8) is 0 Å². The SMILES string of the molecule is COc1ccc(CN2CCC(c3nnc4n3CCNC4)CC2)cc1OC.Cl. The van der Waals surface area contributed by atoms with E-state index in [-0.39, 0.29) is 12.4 Å². The van der Waals surface area contributed by atoms with E-state index < -0.39 is 0 Å². The van der Waals surface area contributed by atoms with Crippen molar-refractivity contribution in [1.29, 1.82) is 0 Å². The highest BCUT2D eigenvalue weighted by Gasteiger charge is 2.27. The molecule has 0 radical (unpaired) electrons. The first-order valence-electron chi connectivity index (χ1n) is 9.34. The van der Waals surface area contributed by atoms with Gasteiger partial charge in [0.2, 0.25) is 0 Å². The van der Waals surface area contributed by atoms with Gasteiger partial charge in [-0.05, 0) is 43.6 Å². The number of benzene rings is 1. The molecule has 3 heterocycles. The lowest BCUT2D eigenvalue weighted by molar-refractivity contribution is 0.199. The molecule has 0 atom stereocenters. The van der Waals surface area contributed by atoms with Crippen molar-refractivity contribution in [3.8, 4) is 11.5 Å². The van der Waals surface area contributed by atoms with E-state index in [0.717, 1.165) is 69.4 Å². The number of likely N-dealkylation sites (tertiary alicyclic amines) is 1. The Bertz CT molecular complexity index is 759. The average Bonchev–Trinajstić information content (AvgIpc) is 3.12. The molecular weight excluding hydrogens is 366 g/mol. The number of fused-ring (bicyclic) bond motifs is 1. The molecule has 8 heteroatoms. The summed E-state index contributed by atoms with van der Waals surface area (Å²) in [5, 5.41) is 12.2. The van der Waals surface area contributed by atoms with Gasteiger partial charge in [0, 0.05) is 25.6 Å². The standard InChI is InChI=1S/C19H27N5O2.ClH/c1-25-16-4-3-14(11-17(16)26-2)13-23-8-5-15(6-9-23)19-22-21-18-12-20-7-10-24(18)19;/h3-4,11,15,20H,5-10,12-13H2,1-2H3;1H. The zero-order valence-corrected chi connectivity index (χ0v) is 16.8. The number of nitrogens with zero attached hydrogens (tertiary/aromatic N) is 4. The minimum absolute atomic E-state index is 0. The van der Waals surface area contributed by atoms with Crippen molar-refractivity contribution >= 4 is 12.4 Å². The van der Waals surface area contributed by atoms with Gasteiger partial charge in [-0.2, -0.15) is 0 Å². The third kappa shape index (κ3) is 4.20.